The summed E-state index contributed by atoms with van der Waals surface area (Å²) in [6.45, 7) is 0.814. The molecule has 2 aromatic rings. The molecule has 2 rings (SSSR count). The molecular weight excluding hydrogens is 255 g/mol. The Balaban J connectivity index is 1.85. The first-order chi connectivity index (χ1) is 8.24. The molecule has 0 amide bonds. The number of rotatable bonds is 4. The van der Waals surface area contributed by atoms with E-state index >= 15 is 0 Å². The number of pyridine rings is 1. The normalized spacial score (nSPS) is 10.2. The fraction of sp³-hybridized carbons (Fsp3) is 0.154. The Labute approximate surface area is 111 Å². The highest BCUT2D eigenvalue weighted by molar-refractivity contribution is 6.30. The van der Waals surface area contributed by atoms with Gasteiger partial charge in [-0.15, -0.1) is 0 Å². The zero-order valence-electron chi connectivity index (χ0n) is 9.16. The van der Waals surface area contributed by atoms with Gasteiger partial charge in [0, 0.05) is 11.6 Å². The van der Waals surface area contributed by atoms with E-state index in [0.29, 0.717) is 5.15 Å². The lowest BCUT2D eigenvalue weighted by Gasteiger charge is -2.05. The van der Waals surface area contributed by atoms with Gasteiger partial charge in [-0.3, -0.25) is 0 Å². The maximum Gasteiger partial charge on any atom is 0.131 e. The molecule has 0 saturated carbocycles. The highest BCUT2D eigenvalue weighted by Gasteiger charge is 1.96. The van der Waals surface area contributed by atoms with Crippen molar-refractivity contribution in [2.24, 2.45) is 0 Å². The van der Waals surface area contributed by atoms with Gasteiger partial charge in [0.25, 0.3) is 0 Å². The third-order valence-corrected chi connectivity index (χ3v) is 2.81. The molecule has 1 N–H and O–H groups in total. The number of nitrogens with one attached hydrogen (secondary N) is 1. The summed E-state index contributed by atoms with van der Waals surface area (Å²) in [6, 6.07) is 13.4. The van der Waals surface area contributed by atoms with Crippen molar-refractivity contribution in [3.8, 4) is 0 Å². The van der Waals surface area contributed by atoms with Gasteiger partial charge >= 0.3 is 0 Å². The predicted octanol–water partition coefficient (Wildman–Crippen LogP) is 4.04. The fourth-order valence-electron chi connectivity index (χ4n) is 1.49. The summed E-state index contributed by atoms with van der Waals surface area (Å²) in [5.74, 6) is 0.798. The Morgan fingerprint density at radius 3 is 2.47 bits per heavy atom. The fourth-order valence-corrected chi connectivity index (χ4v) is 1.78. The van der Waals surface area contributed by atoms with E-state index in [4.69, 9.17) is 23.2 Å². The highest BCUT2D eigenvalue weighted by Crippen LogP contribution is 2.11. The lowest BCUT2D eigenvalue weighted by atomic mass is 10.1. The molecule has 0 fully saturated rings. The van der Waals surface area contributed by atoms with Gasteiger partial charge in [0.1, 0.15) is 11.0 Å². The quantitative estimate of drug-likeness (QED) is 0.845. The summed E-state index contributed by atoms with van der Waals surface area (Å²) in [5.41, 5.74) is 1.24. The SMILES string of the molecule is Clc1ccc(CCNc2cccc(Cl)n2)cc1. The third-order valence-electron chi connectivity index (χ3n) is 2.35. The first kappa shape index (κ1) is 12.2. The van der Waals surface area contributed by atoms with E-state index in [1.165, 1.54) is 5.56 Å². The van der Waals surface area contributed by atoms with Gasteiger partial charge in [-0.25, -0.2) is 4.98 Å². The molecule has 0 unspecified atom stereocenters. The van der Waals surface area contributed by atoms with Crippen molar-refractivity contribution in [2.75, 3.05) is 11.9 Å². The van der Waals surface area contributed by atoms with Crippen LogP contribution in [0.1, 0.15) is 5.56 Å². The van der Waals surface area contributed by atoms with Crippen LogP contribution in [0.4, 0.5) is 5.82 Å². The number of anilines is 1. The minimum absolute atomic E-state index is 0.501. The van der Waals surface area contributed by atoms with Gasteiger partial charge in [-0.05, 0) is 36.2 Å². The Morgan fingerprint density at radius 1 is 1.00 bits per heavy atom. The highest BCUT2D eigenvalue weighted by atomic mass is 35.5. The number of nitrogens with zero attached hydrogens (tertiary/aromatic N) is 1. The zero-order chi connectivity index (χ0) is 12.1. The number of hydrogen-bond donors (Lipinski definition) is 1. The van der Waals surface area contributed by atoms with E-state index in [-0.39, 0.29) is 0 Å². The molecule has 0 radical (unpaired) electrons. The van der Waals surface area contributed by atoms with Crippen LogP contribution in [0.5, 0.6) is 0 Å². The largest absolute Gasteiger partial charge is 0.370 e. The number of benzene rings is 1. The first-order valence-corrected chi connectivity index (χ1v) is 6.10. The summed E-state index contributed by atoms with van der Waals surface area (Å²) >= 11 is 11.6. The molecule has 4 heteroatoms. The summed E-state index contributed by atoms with van der Waals surface area (Å²) in [7, 11) is 0. The molecule has 0 aliphatic carbocycles. The Hall–Kier alpha value is -1.25. The average molecular weight is 267 g/mol. The number of hydrogen-bond acceptors (Lipinski definition) is 2. The van der Waals surface area contributed by atoms with Crippen molar-refractivity contribution >= 4 is 29.0 Å². The van der Waals surface area contributed by atoms with Crippen molar-refractivity contribution in [3.05, 3.63) is 58.2 Å². The van der Waals surface area contributed by atoms with Gasteiger partial charge in [0.15, 0.2) is 0 Å². The molecule has 0 spiro atoms. The van der Waals surface area contributed by atoms with E-state index < -0.39 is 0 Å². The van der Waals surface area contributed by atoms with Gasteiger partial charge in [0.05, 0.1) is 0 Å². The van der Waals surface area contributed by atoms with Crippen LogP contribution in [0.25, 0.3) is 0 Å². The second-order valence-electron chi connectivity index (χ2n) is 3.65. The van der Waals surface area contributed by atoms with Crippen LogP contribution in [-0.4, -0.2) is 11.5 Å². The van der Waals surface area contributed by atoms with E-state index in [1.54, 1.807) is 6.07 Å². The standard InChI is InChI=1S/C13H12Cl2N2/c14-11-6-4-10(5-7-11)8-9-16-13-3-1-2-12(15)17-13/h1-7H,8-9H2,(H,16,17). The van der Waals surface area contributed by atoms with E-state index in [1.807, 2.05) is 36.4 Å². The maximum absolute atomic E-state index is 5.82. The summed E-state index contributed by atoms with van der Waals surface area (Å²) < 4.78 is 0. The molecule has 1 heterocycles. The van der Waals surface area contributed by atoms with Gasteiger partial charge in [0.2, 0.25) is 0 Å². The first-order valence-electron chi connectivity index (χ1n) is 5.35. The van der Waals surface area contributed by atoms with Crippen molar-refractivity contribution in [1.82, 2.24) is 4.98 Å². The van der Waals surface area contributed by atoms with Gasteiger partial charge in [-0.2, -0.15) is 0 Å². The molecule has 0 saturated heterocycles. The molecule has 17 heavy (non-hydrogen) atoms. The minimum atomic E-state index is 0.501. The van der Waals surface area contributed by atoms with E-state index in [0.717, 1.165) is 23.8 Å². The monoisotopic (exact) mass is 266 g/mol. The third kappa shape index (κ3) is 3.91. The maximum atomic E-state index is 5.82. The lowest BCUT2D eigenvalue weighted by Crippen LogP contribution is -2.06. The second-order valence-corrected chi connectivity index (χ2v) is 4.47. The summed E-state index contributed by atoms with van der Waals surface area (Å²) in [5, 5.41) is 4.48. The van der Waals surface area contributed by atoms with E-state index in [2.05, 4.69) is 10.3 Å². The molecule has 0 aliphatic rings. The predicted molar refractivity (Wildman–Crippen MR) is 72.9 cm³/mol. The van der Waals surface area contributed by atoms with Crippen molar-refractivity contribution in [3.63, 3.8) is 0 Å². The smallest absolute Gasteiger partial charge is 0.131 e. The van der Waals surface area contributed by atoms with Crippen LogP contribution in [0.3, 0.4) is 0 Å². The Morgan fingerprint density at radius 2 is 1.76 bits per heavy atom. The van der Waals surface area contributed by atoms with Crippen LogP contribution >= 0.6 is 23.2 Å². The molecule has 0 atom stereocenters. The molecule has 2 nitrogen and oxygen atoms in total. The Bertz CT molecular complexity index is 483. The molecular formula is C13H12Cl2N2. The molecule has 1 aromatic carbocycles. The van der Waals surface area contributed by atoms with E-state index in [9.17, 15) is 0 Å². The molecule has 0 bridgehead atoms. The Kier molecular flexibility index (Phi) is 4.24. The van der Waals surface area contributed by atoms with Crippen molar-refractivity contribution in [1.29, 1.82) is 0 Å². The van der Waals surface area contributed by atoms with Crippen LogP contribution < -0.4 is 5.32 Å². The van der Waals surface area contributed by atoms with Crippen LogP contribution in [-0.2, 0) is 6.42 Å². The van der Waals surface area contributed by atoms with Crippen LogP contribution in [0, 0.1) is 0 Å². The van der Waals surface area contributed by atoms with Crippen molar-refractivity contribution in [2.45, 2.75) is 6.42 Å². The zero-order valence-corrected chi connectivity index (χ0v) is 10.7. The number of aromatic nitrogens is 1. The van der Waals surface area contributed by atoms with Gasteiger partial charge in [-0.1, -0.05) is 41.4 Å². The number of halogens is 2. The average Bonchev–Trinajstić information content (AvgIpc) is 2.32. The summed E-state index contributed by atoms with van der Waals surface area (Å²) in [6.07, 6.45) is 0.922. The van der Waals surface area contributed by atoms with Crippen molar-refractivity contribution < 1.29 is 0 Å². The van der Waals surface area contributed by atoms with Gasteiger partial charge < -0.3 is 5.32 Å². The van der Waals surface area contributed by atoms with Crippen LogP contribution in [0.15, 0.2) is 42.5 Å². The topological polar surface area (TPSA) is 24.9 Å². The minimum Gasteiger partial charge on any atom is -0.370 e. The molecule has 88 valence electrons. The molecule has 0 aliphatic heterocycles. The molecule has 1 aromatic heterocycles. The second kappa shape index (κ2) is 5.89. The van der Waals surface area contributed by atoms with Crippen LogP contribution in [0.2, 0.25) is 10.2 Å². The summed E-state index contributed by atoms with van der Waals surface area (Å²) in [4.78, 5) is 4.15. The lowest BCUT2D eigenvalue weighted by molar-refractivity contribution is 1.01.